The average Bonchev–Trinajstić information content (AvgIpc) is 2.11. The molecule has 0 atom stereocenters. The minimum absolute atomic E-state index is 0.0915. The van der Waals surface area contributed by atoms with Gasteiger partial charge < -0.3 is 0 Å². The molecule has 0 spiro atoms. The highest BCUT2D eigenvalue weighted by Gasteiger charge is 2.17. The summed E-state index contributed by atoms with van der Waals surface area (Å²) in [5.74, 6) is -0.630. The first-order valence-electron chi connectivity index (χ1n) is 3.99. The summed E-state index contributed by atoms with van der Waals surface area (Å²) in [4.78, 5) is 0. The minimum atomic E-state index is -3.68. The van der Waals surface area contributed by atoms with Crippen molar-refractivity contribution in [2.45, 2.75) is 0 Å². The van der Waals surface area contributed by atoms with Crippen LogP contribution in [0.2, 0.25) is 0 Å². The molecular weight excluding hydrogens is 287 g/mol. The summed E-state index contributed by atoms with van der Waals surface area (Å²) in [6.07, 6.45) is 0. The first kappa shape index (κ1) is 12.4. The molecule has 0 aliphatic heterocycles. The van der Waals surface area contributed by atoms with E-state index in [1.54, 1.807) is 6.07 Å². The van der Waals surface area contributed by atoms with E-state index in [1.165, 1.54) is 26.2 Å². The number of halogens is 2. The van der Waals surface area contributed by atoms with Gasteiger partial charge in [-0.2, -0.15) is 12.7 Å². The summed E-state index contributed by atoms with van der Waals surface area (Å²) in [6.45, 7) is 0. The SMILES string of the molecule is CN(C)S(=O)(=O)Nc1c(F)cccc1Br. The molecule has 0 aliphatic carbocycles. The Bertz CT molecular complexity index is 441. The molecule has 1 aromatic carbocycles. The summed E-state index contributed by atoms with van der Waals surface area (Å²) >= 11 is 3.06. The van der Waals surface area contributed by atoms with Crippen LogP contribution in [0.5, 0.6) is 0 Å². The van der Waals surface area contributed by atoms with Crippen LogP contribution in [0.4, 0.5) is 10.1 Å². The predicted molar refractivity (Wildman–Crippen MR) is 60.3 cm³/mol. The Kier molecular flexibility index (Phi) is 3.69. The van der Waals surface area contributed by atoms with E-state index < -0.39 is 16.0 Å². The van der Waals surface area contributed by atoms with E-state index in [4.69, 9.17) is 0 Å². The number of hydrogen-bond donors (Lipinski definition) is 1. The maximum absolute atomic E-state index is 13.3. The van der Waals surface area contributed by atoms with Crippen molar-refractivity contribution < 1.29 is 12.8 Å². The monoisotopic (exact) mass is 296 g/mol. The molecule has 0 unspecified atom stereocenters. The summed E-state index contributed by atoms with van der Waals surface area (Å²) in [6, 6.07) is 4.21. The smallest absolute Gasteiger partial charge is 0.267 e. The highest BCUT2D eigenvalue weighted by Crippen LogP contribution is 2.26. The predicted octanol–water partition coefficient (Wildman–Crippen LogP) is 1.81. The number of nitrogens with one attached hydrogen (secondary N) is 1. The number of para-hydroxylation sites is 1. The highest BCUT2D eigenvalue weighted by atomic mass is 79.9. The van der Waals surface area contributed by atoms with Gasteiger partial charge in [-0.15, -0.1) is 0 Å². The van der Waals surface area contributed by atoms with Gasteiger partial charge in [-0.1, -0.05) is 6.07 Å². The highest BCUT2D eigenvalue weighted by molar-refractivity contribution is 9.10. The molecular formula is C8H10BrFN2O2S. The molecule has 1 aromatic rings. The third-order valence-corrected chi connectivity index (χ3v) is 3.76. The molecule has 4 nitrogen and oxygen atoms in total. The largest absolute Gasteiger partial charge is 0.301 e. The van der Waals surface area contributed by atoms with Gasteiger partial charge in [0.05, 0.1) is 5.69 Å². The van der Waals surface area contributed by atoms with Crippen molar-refractivity contribution in [1.29, 1.82) is 0 Å². The summed E-state index contributed by atoms with van der Waals surface area (Å²) < 4.78 is 39.6. The van der Waals surface area contributed by atoms with Crippen LogP contribution in [0, 0.1) is 5.82 Å². The molecule has 7 heteroatoms. The zero-order valence-corrected chi connectivity index (χ0v) is 10.6. The Morgan fingerprint density at radius 1 is 1.40 bits per heavy atom. The lowest BCUT2D eigenvalue weighted by molar-refractivity contribution is 0.526. The molecule has 84 valence electrons. The van der Waals surface area contributed by atoms with Crippen LogP contribution < -0.4 is 4.72 Å². The van der Waals surface area contributed by atoms with E-state index in [2.05, 4.69) is 20.7 Å². The van der Waals surface area contributed by atoms with Crippen LogP contribution in [0.3, 0.4) is 0 Å². The fourth-order valence-electron chi connectivity index (χ4n) is 0.816. The van der Waals surface area contributed by atoms with Gasteiger partial charge in [0, 0.05) is 18.6 Å². The number of benzene rings is 1. The van der Waals surface area contributed by atoms with E-state index in [9.17, 15) is 12.8 Å². The Balaban J connectivity index is 3.11. The van der Waals surface area contributed by atoms with Gasteiger partial charge in [-0.3, -0.25) is 4.72 Å². The number of hydrogen-bond acceptors (Lipinski definition) is 2. The van der Waals surface area contributed by atoms with Crippen LogP contribution in [0.1, 0.15) is 0 Å². The van der Waals surface area contributed by atoms with Gasteiger partial charge >= 0.3 is 10.2 Å². The zero-order chi connectivity index (χ0) is 11.6. The van der Waals surface area contributed by atoms with E-state index in [-0.39, 0.29) is 5.69 Å². The second-order valence-corrected chi connectivity index (χ2v) is 5.73. The Labute approximate surface area is 96.4 Å². The van der Waals surface area contributed by atoms with E-state index in [1.807, 2.05) is 0 Å². The summed E-state index contributed by atoms with van der Waals surface area (Å²) in [5, 5.41) is 0. The molecule has 0 aromatic heterocycles. The molecule has 0 saturated heterocycles. The van der Waals surface area contributed by atoms with Crippen molar-refractivity contribution in [3.8, 4) is 0 Å². The topological polar surface area (TPSA) is 49.4 Å². The first-order chi connectivity index (χ1) is 6.84. The van der Waals surface area contributed by atoms with Gasteiger partial charge in [0.1, 0.15) is 5.82 Å². The normalized spacial score (nSPS) is 11.8. The second kappa shape index (κ2) is 4.46. The van der Waals surface area contributed by atoms with Crippen LogP contribution in [-0.4, -0.2) is 26.8 Å². The second-order valence-electron chi connectivity index (χ2n) is 2.99. The Morgan fingerprint density at radius 3 is 2.47 bits per heavy atom. The fourth-order valence-corrected chi connectivity index (χ4v) is 2.04. The quantitative estimate of drug-likeness (QED) is 0.925. The molecule has 0 fully saturated rings. The van der Waals surface area contributed by atoms with Gasteiger partial charge in [-0.05, 0) is 28.1 Å². The molecule has 0 radical (unpaired) electrons. The zero-order valence-electron chi connectivity index (χ0n) is 8.16. The fraction of sp³-hybridized carbons (Fsp3) is 0.250. The van der Waals surface area contributed by atoms with Gasteiger partial charge in [0.15, 0.2) is 0 Å². The van der Waals surface area contributed by atoms with Crippen molar-refractivity contribution in [3.05, 3.63) is 28.5 Å². The number of rotatable bonds is 3. The lowest BCUT2D eigenvalue weighted by Gasteiger charge is -2.14. The summed E-state index contributed by atoms with van der Waals surface area (Å²) in [7, 11) is -0.966. The lowest BCUT2D eigenvalue weighted by Crippen LogP contribution is -2.29. The van der Waals surface area contributed by atoms with Crippen LogP contribution in [0.25, 0.3) is 0 Å². The Hall–Kier alpha value is -0.660. The standard InChI is InChI=1S/C8H10BrFN2O2S/c1-12(2)15(13,14)11-8-6(9)4-3-5-7(8)10/h3-5,11H,1-2H3. The van der Waals surface area contributed by atoms with Gasteiger partial charge in [-0.25, -0.2) is 4.39 Å². The van der Waals surface area contributed by atoms with E-state index >= 15 is 0 Å². The van der Waals surface area contributed by atoms with E-state index in [0.29, 0.717) is 4.47 Å². The molecule has 0 heterocycles. The van der Waals surface area contributed by atoms with Gasteiger partial charge in [0.25, 0.3) is 0 Å². The molecule has 1 N–H and O–H groups in total. The Morgan fingerprint density at radius 2 is 2.00 bits per heavy atom. The average molecular weight is 297 g/mol. The third-order valence-electron chi connectivity index (χ3n) is 1.67. The molecule has 15 heavy (non-hydrogen) atoms. The van der Waals surface area contributed by atoms with Gasteiger partial charge in [0.2, 0.25) is 0 Å². The van der Waals surface area contributed by atoms with Crippen molar-refractivity contribution >= 4 is 31.8 Å². The van der Waals surface area contributed by atoms with Crippen LogP contribution in [0.15, 0.2) is 22.7 Å². The van der Waals surface area contributed by atoms with Crippen LogP contribution in [-0.2, 0) is 10.2 Å². The van der Waals surface area contributed by atoms with Crippen molar-refractivity contribution in [2.75, 3.05) is 18.8 Å². The number of nitrogens with zero attached hydrogens (tertiary/aromatic N) is 1. The lowest BCUT2D eigenvalue weighted by atomic mass is 10.3. The molecule has 0 aliphatic rings. The number of anilines is 1. The molecule has 0 saturated carbocycles. The van der Waals surface area contributed by atoms with Crippen LogP contribution >= 0.6 is 15.9 Å². The molecule has 1 rings (SSSR count). The minimum Gasteiger partial charge on any atom is -0.267 e. The third kappa shape index (κ3) is 2.90. The van der Waals surface area contributed by atoms with Crippen molar-refractivity contribution in [3.63, 3.8) is 0 Å². The summed E-state index contributed by atoms with van der Waals surface area (Å²) in [5.41, 5.74) is -0.0915. The van der Waals surface area contributed by atoms with E-state index in [0.717, 1.165) is 4.31 Å². The van der Waals surface area contributed by atoms with Crippen molar-refractivity contribution in [2.24, 2.45) is 0 Å². The first-order valence-corrected chi connectivity index (χ1v) is 6.22. The maximum atomic E-state index is 13.3. The molecule has 0 bridgehead atoms. The molecule has 0 amide bonds. The van der Waals surface area contributed by atoms with Crippen molar-refractivity contribution in [1.82, 2.24) is 4.31 Å². The maximum Gasteiger partial charge on any atom is 0.301 e.